The van der Waals surface area contributed by atoms with Crippen LogP contribution in [0.3, 0.4) is 0 Å². The molecule has 0 atom stereocenters. The first-order valence-corrected chi connectivity index (χ1v) is 6.54. The average Bonchev–Trinajstić information content (AvgIpc) is 2.44. The van der Waals surface area contributed by atoms with Gasteiger partial charge >= 0.3 is 0 Å². The molecular weight excluding hydrogens is 248 g/mol. The number of nitrogens with zero attached hydrogens (tertiary/aromatic N) is 1. The zero-order chi connectivity index (χ0) is 14.4. The zero-order valence-corrected chi connectivity index (χ0v) is 11.8. The van der Waals surface area contributed by atoms with Crippen LogP contribution in [0.15, 0.2) is 36.4 Å². The summed E-state index contributed by atoms with van der Waals surface area (Å²) in [6.45, 7) is 4.82. The molecule has 0 aliphatic carbocycles. The first kappa shape index (κ1) is 14.1. The van der Waals surface area contributed by atoms with Crippen molar-refractivity contribution < 1.29 is 4.74 Å². The molecule has 2 rings (SSSR count). The molecule has 0 radical (unpaired) electrons. The van der Waals surface area contributed by atoms with Crippen LogP contribution < -0.4 is 10.5 Å². The zero-order valence-electron chi connectivity index (χ0n) is 11.8. The first-order chi connectivity index (χ1) is 9.69. The van der Waals surface area contributed by atoms with Crippen LogP contribution in [-0.2, 0) is 6.61 Å². The topological polar surface area (TPSA) is 48.1 Å². The number of pyridine rings is 1. The van der Waals surface area contributed by atoms with E-state index in [-0.39, 0.29) is 0 Å². The maximum absolute atomic E-state index is 5.80. The quantitative estimate of drug-likeness (QED) is 0.869. The highest BCUT2D eigenvalue weighted by Crippen LogP contribution is 2.19. The second-order valence-corrected chi connectivity index (χ2v) is 4.55. The molecule has 0 fully saturated rings. The molecule has 3 nitrogen and oxygen atoms in total. The van der Waals surface area contributed by atoms with Gasteiger partial charge in [-0.1, -0.05) is 17.9 Å². The summed E-state index contributed by atoms with van der Waals surface area (Å²) in [5.41, 5.74) is 9.30. The number of aryl methyl sites for hydroxylation is 2. The van der Waals surface area contributed by atoms with E-state index in [2.05, 4.69) is 16.8 Å². The first-order valence-electron chi connectivity index (χ1n) is 6.54. The molecule has 2 N–H and O–H groups in total. The fraction of sp³-hybridized carbons (Fsp3) is 0.235. The fourth-order valence-corrected chi connectivity index (χ4v) is 1.87. The van der Waals surface area contributed by atoms with Gasteiger partial charge in [0.1, 0.15) is 12.4 Å². The Hall–Kier alpha value is -2.31. The molecule has 0 aliphatic rings. The third kappa shape index (κ3) is 3.84. The second kappa shape index (κ2) is 6.74. The average molecular weight is 266 g/mol. The highest BCUT2D eigenvalue weighted by Gasteiger charge is 2.02. The summed E-state index contributed by atoms with van der Waals surface area (Å²) >= 11 is 0. The monoisotopic (exact) mass is 266 g/mol. The van der Waals surface area contributed by atoms with E-state index in [1.165, 1.54) is 0 Å². The lowest BCUT2D eigenvalue weighted by molar-refractivity contribution is 0.299. The summed E-state index contributed by atoms with van der Waals surface area (Å²) in [5, 5.41) is 0. The lowest BCUT2D eigenvalue weighted by Gasteiger charge is -2.09. The molecule has 3 heteroatoms. The van der Waals surface area contributed by atoms with Crippen molar-refractivity contribution in [2.75, 3.05) is 6.54 Å². The van der Waals surface area contributed by atoms with Gasteiger partial charge in [0.25, 0.3) is 0 Å². The summed E-state index contributed by atoms with van der Waals surface area (Å²) in [4.78, 5) is 4.41. The third-order valence-electron chi connectivity index (χ3n) is 2.83. The van der Waals surface area contributed by atoms with Gasteiger partial charge < -0.3 is 10.5 Å². The van der Waals surface area contributed by atoms with Gasteiger partial charge in [-0.05, 0) is 49.7 Å². The summed E-state index contributed by atoms with van der Waals surface area (Å²) in [6, 6.07) is 11.8. The largest absolute Gasteiger partial charge is 0.487 e. The molecule has 1 aromatic heterocycles. The maximum Gasteiger partial charge on any atom is 0.130 e. The summed E-state index contributed by atoms with van der Waals surface area (Å²) in [7, 11) is 0. The second-order valence-electron chi connectivity index (χ2n) is 4.55. The van der Waals surface area contributed by atoms with E-state index >= 15 is 0 Å². The van der Waals surface area contributed by atoms with E-state index in [0.717, 1.165) is 28.3 Å². The highest BCUT2D eigenvalue weighted by molar-refractivity contribution is 5.43. The van der Waals surface area contributed by atoms with Crippen LogP contribution in [-0.4, -0.2) is 11.5 Å². The molecule has 0 saturated heterocycles. The van der Waals surface area contributed by atoms with Gasteiger partial charge in [-0.3, -0.25) is 4.98 Å². The van der Waals surface area contributed by atoms with E-state index in [4.69, 9.17) is 10.5 Å². The Labute approximate surface area is 119 Å². The molecule has 102 valence electrons. The van der Waals surface area contributed by atoms with E-state index < -0.39 is 0 Å². The van der Waals surface area contributed by atoms with E-state index in [1.54, 1.807) is 0 Å². The molecule has 1 aromatic carbocycles. The molecule has 0 aliphatic heterocycles. The Morgan fingerprint density at radius 3 is 2.75 bits per heavy atom. The highest BCUT2D eigenvalue weighted by atomic mass is 16.5. The van der Waals surface area contributed by atoms with E-state index in [1.807, 2.05) is 50.2 Å². The van der Waals surface area contributed by atoms with E-state index in [0.29, 0.717) is 13.2 Å². The van der Waals surface area contributed by atoms with Crippen molar-refractivity contribution in [3.05, 3.63) is 58.9 Å². The summed E-state index contributed by atoms with van der Waals surface area (Å²) in [5.74, 6) is 6.71. The Morgan fingerprint density at radius 1 is 1.20 bits per heavy atom. The van der Waals surface area contributed by atoms with Crippen LogP contribution in [0, 0.1) is 25.7 Å². The van der Waals surface area contributed by atoms with Gasteiger partial charge in [-0.25, -0.2) is 0 Å². The minimum Gasteiger partial charge on any atom is -0.487 e. The van der Waals surface area contributed by atoms with Crippen molar-refractivity contribution in [3.8, 4) is 17.6 Å². The van der Waals surface area contributed by atoms with Crippen molar-refractivity contribution in [1.82, 2.24) is 4.98 Å². The fourth-order valence-electron chi connectivity index (χ4n) is 1.87. The molecule has 1 heterocycles. The third-order valence-corrected chi connectivity index (χ3v) is 2.83. The normalized spacial score (nSPS) is 9.75. The molecular formula is C17H18N2O. The smallest absolute Gasteiger partial charge is 0.130 e. The number of rotatable bonds is 3. The van der Waals surface area contributed by atoms with Gasteiger partial charge in [0.05, 0.1) is 12.2 Å². The van der Waals surface area contributed by atoms with Crippen LogP contribution in [0.1, 0.15) is 22.5 Å². The van der Waals surface area contributed by atoms with Gasteiger partial charge in [-0.2, -0.15) is 0 Å². The predicted octanol–water partition coefficient (Wildman–Crippen LogP) is 2.59. The predicted molar refractivity (Wildman–Crippen MR) is 80.4 cm³/mol. The molecule has 0 spiro atoms. The van der Waals surface area contributed by atoms with Crippen LogP contribution in [0.5, 0.6) is 5.75 Å². The standard InChI is InChI=1S/C17H18N2O/c1-13-11-15(6-4-10-18)8-9-17(13)20-12-16-7-3-5-14(2)19-16/h3,5,7-9,11H,10,12,18H2,1-2H3. The van der Waals surface area contributed by atoms with Crippen LogP contribution >= 0.6 is 0 Å². The summed E-state index contributed by atoms with van der Waals surface area (Å²) in [6.07, 6.45) is 0. The number of aromatic nitrogens is 1. The number of ether oxygens (including phenoxy) is 1. The number of nitrogens with two attached hydrogens (primary N) is 1. The lowest BCUT2D eigenvalue weighted by atomic mass is 10.1. The van der Waals surface area contributed by atoms with Crippen molar-refractivity contribution >= 4 is 0 Å². The molecule has 0 bridgehead atoms. The molecule has 2 aromatic rings. The number of hydrogen-bond acceptors (Lipinski definition) is 3. The lowest BCUT2D eigenvalue weighted by Crippen LogP contribution is -2.00. The minimum atomic E-state index is 0.371. The van der Waals surface area contributed by atoms with Crippen LogP contribution in [0.25, 0.3) is 0 Å². The Bertz CT molecular complexity index is 654. The molecule has 0 amide bonds. The maximum atomic E-state index is 5.80. The van der Waals surface area contributed by atoms with E-state index in [9.17, 15) is 0 Å². The Morgan fingerprint density at radius 2 is 2.05 bits per heavy atom. The van der Waals surface area contributed by atoms with Crippen molar-refractivity contribution in [2.45, 2.75) is 20.5 Å². The molecule has 0 saturated carbocycles. The molecule has 20 heavy (non-hydrogen) atoms. The van der Waals surface area contributed by atoms with Gasteiger partial charge in [0, 0.05) is 11.3 Å². The van der Waals surface area contributed by atoms with Gasteiger partial charge in [-0.15, -0.1) is 0 Å². The van der Waals surface area contributed by atoms with Crippen molar-refractivity contribution in [3.63, 3.8) is 0 Å². The van der Waals surface area contributed by atoms with Crippen LogP contribution in [0.2, 0.25) is 0 Å². The Balaban J connectivity index is 2.06. The van der Waals surface area contributed by atoms with Gasteiger partial charge in [0.2, 0.25) is 0 Å². The number of hydrogen-bond donors (Lipinski definition) is 1. The molecule has 0 unspecified atom stereocenters. The van der Waals surface area contributed by atoms with Crippen molar-refractivity contribution in [2.24, 2.45) is 5.73 Å². The number of benzene rings is 1. The SMILES string of the molecule is Cc1cccc(COc2ccc(C#CCN)cc2C)n1. The van der Waals surface area contributed by atoms with Crippen LogP contribution in [0.4, 0.5) is 0 Å². The van der Waals surface area contributed by atoms with Crippen molar-refractivity contribution in [1.29, 1.82) is 0 Å². The van der Waals surface area contributed by atoms with Gasteiger partial charge in [0.15, 0.2) is 0 Å². The summed E-state index contributed by atoms with van der Waals surface area (Å²) < 4.78 is 5.80. The minimum absolute atomic E-state index is 0.371. The Kier molecular flexibility index (Phi) is 4.75.